The number of nitrogens with zero attached hydrogens (tertiary/aromatic N) is 5. The minimum Gasteiger partial charge on any atom is -0.374 e. The number of likely N-dealkylation sites (tertiary alicyclic amines) is 1. The van der Waals surface area contributed by atoms with E-state index in [1.807, 2.05) is 6.07 Å². The van der Waals surface area contributed by atoms with Gasteiger partial charge in [0.2, 0.25) is 5.91 Å². The van der Waals surface area contributed by atoms with E-state index >= 15 is 0 Å². The molecule has 0 spiro atoms. The first-order valence-corrected chi connectivity index (χ1v) is 7.28. The fraction of sp³-hybridized carbons (Fsp3) is 0.429. The number of aromatic nitrogens is 4. The molecule has 1 saturated heterocycles. The van der Waals surface area contributed by atoms with Crippen LogP contribution in [0.25, 0.3) is 11.4 Å². The molecule has 1 N–H and O–H groups in total. The molecule has 1 atom stereocenters. The van der Waals surface area contributed by atoms with E-state index in [4.69, 9.17) is 0 Å². The SMILES string of the molecule is Cn1nnnc1-c1cccc(NC2CCN(CC(F)(F)F)C2=O)c1. The van der Waals surface area contributed by atoms with Crippen LogP contribution in [0.4, 0.5) is 18.9 Å². The van der Waals surface area contributed by atoms with Crippen LogP contribution in [0.15, 0.2) is 24.3 Å². The van der Waals surface area contributed by atoms with Crippen molar-refractivity contribution in [1.82, 2.24) is 25.1 Å². The van der Waals surface area contributed by atoms with Crippen LogP contribution in [0.3, 0.4) is 0 Å². The lowest BCUT2D eigenvalue weighted by molar-refractivity contribution is -0.157. The summed E-state index contributed by atoms with van der Waals surface area (Å²) in [4.78, 5) is 12.9. The van der Waals surface area contributed by atoms with Crippen LogP contribution in [-0.2, 0) is 11.8 Å². The van der Waals surface area contributed by atoms with E-state index in [2.05, 4.69) is 20.8 Å². The maximum atomic E-state index is 12.4. The highest BCUT2D eigenvalue weighted by Gasteiger charge is 2.39. The molecule has 1 aliphatic rings. The van der Waals surface area contributed by atoms with Gasteiger partial charge in [0, 0.05) is 24.8 Å². The number of carbonyl (C=O) groups is 1. The second-order valence-corrected chi connectivity index (χ2v) is 5.57. The number of halogens is 3. The summed E-state index contributed by atoms with van der Waals surface area (Å²) in [6.07, 6.45) is -4.06. The van der Waals surface area contributed by atoms with Gasteiger partial charge in [0.25, 0.3) is 0 Å². The smallest absolute Gasteiger partial charge is 0.374 e. The van der Waals surface area contributed by atoms with Crippen molar-refractivity contribution in [1.29, 1.82) is 0 Å². The van der Waals surface area contributed by atoms with Crippen molar-refractivity contribution in [3.8, 4) is 11.4 Å². The molecule has 128 valence electrons. The van der Waals surface area contributed by atoms with Crippen LogP contribution in [0.2, 0.25) is 0 Å². The zero-order valence-electron chi connectivity index (χ0n) is 12.8. The maximum Gasteiger partial charge on any atom is 0.406 e. The Labute approximate surface area is 135 Å². The maximum absolute atomic E-state index is 12.4. The van der Waals surface area contributed by atoms with Gasteiger partial charge in [-0.05, 0) is 29.0 Å². The van der Waals surface area contributed by atoms with Gasteiger partial charge in [-0.25, -0.2) is 4.68 Å². The fourth-order valence-corrected chi connectivity index (χ4v) is 2.67. The number of hydrogen-bond donors (Lipinski definition) is 1. The zero-order valence-corrected chi connectivity index (χ0v) is 12.8. The number of tetrazole rings is 1. The summed E-state index contributed by atoms with van der Waals surface area (Å²) in [7, 11) is 1.70. The van der Waals surface area contributed by atoms with Crippen LogP contribution in [0, 0.1) is 0 Å². The number of benzene rings is 1. The Morgan fingerprint density at radius 1 is 1.38 bits per heavy atom. The molecule has 1 aromatic carbocycles. The molecular formula is C14H15F3N6O. The first-order chi connectivity index (χ1) is 11.3. The number of aryl methyl sites for hydroxylation is 1. The molecule has 0 radical (unpaired) electrons. The van der Waals surface area contributed by atoms with Crippen molar-refractivity contribution in [2.45, 2.75) is 18.6 Å². The van der Waals surface area contributed by atoms with Gasteiger partial charge in [-0.2, -0.15) is 13.2 Å². The van der Waals surface area contributed by atoms with Crippen molar-refractivity contribution in [3.63, 3.8) is 0 Å². The molecule has 10 heteroatoms. The molecule has 0 bridgehead atoms. The molecule has 0 aliphatic carbocycles. The second-order valence-electron chi connectivity index (χ2n) is 5.57. The summed E-state index contributed by atoms with van der Waals surface area (Å²) in [5.41, 5.74) is 1.37. The summed E-state index contributed by atoms with van der Waals surface area (Å²) in [6, 6.07) is 6.40. The first kappa shape index (κ1) is 16.2. The molecule has 2 heterocycles. The van der Waals surface area contributed by atoms with E-state index in [1.165, 1.54) is 4.68 Å². The van der Waals surface area contributed by atoms with E-state index in [0.717, 1.165) is 10.5 Å². The number of amides is 1. The third-order valence-corrected chi connectivity index (χ3v) is 3.75. The van der Waals surface area contributed by atoms with E-state index in [-0.39, 0.29) is 6.54 Å². The van der Waals surface area contributed by atoms with Crippen LogP contribution in [0.5, 0.6) is 0 Å². The number of rotatable bonds is 4. The first-order valence-electron chi connectivity index (χ1n) is 7.28. The van der Waals surface area contributed by atoms with E-state index in [0.29, 0.717) is 17.9 Å². The molecular weight excluding hydrogens is 325 g/mol. The molecule has 1 unspecified atom stereocenters. The molecule has 0 saturated carbocycles. The molecule has 1 aliphatic heterocycles. The fourth-order valence-electron chi connectivity index (χ4n) is 2.67. The Morgan fingerprint density at radius 2 is 2.17 bits per heavy atom. The van der Waals surface area contributed by atoms with Crippen molar-refractivity contribution >= 4 is 11.6 Å². The van der Waals surface area contributed by atoms with E-state index < -0.39 is 24.7 Å². The van der Waals surface area contributed by atoms with E-state index in [1.54, 1.807) is 25.2 Å². The minimum atomic E-state index is -4.39. The van der Waals surface area contributed by atoms with Crippen LogP contribution in [-0.4, -0.2) is 56.3 Å². The Hall–Kier alpha value is -2.65. The van der Waals surface area contributed by atoms with Crippen molar-refractivity contribution in [3.05, 3.63) is 24.3 Å². The second kappa shape index (κ2) is 6.10. The number of alkyl halides is 3. The van der Waals surface area contributed by atoms with Gasteiger partial charge in [-0.3, -0.25) is 4.79 Å². The molecule has 1 amide bonds. The minimum absolute atomic E-state index is 0.0862. The Morgan fingerprint density at radius 3 is 2.83 bits per heavy atom. The predicted molar refractivity (Wildman–Crippen MR) is 78.9 cm³/mol. The summed E-state index contributed by atoms with van der Waals surface area (Å²) in [5.74, 6) is 0.00755. The van der Waals surface area contributed by atoms with E-state index in [9.17, 15) is 18.0 Å². The Bertz CT molecular complexity index is 744. The molecule has 24 heavy (non-hydrogen) atoms. The van der Waals surface area contributed by atoms with Crippen LogP contribution >= 0.6 is 0 Å². The average molecular weight is 340 g/mol. The zero-order chi connectivity index (χ0) is 17.3. The highest BCUT2D eigenvalue weighted by Crippen LogP contribution is 2.24. The number of carbonyl (C=O) groups excluding carboxylic acids is 1. The highest BCUT2D eigenvalue weighted by atomic mass is 19.4. The summed E-state index contributed by atoms with van der Waals surface area (Å²) in [6.45, 7) is -1.13. The molecule has 2 aromatic rings. The average Bonchev–Trinajstić information content (AvgIpc) is 3.07. The highest BCUT2D eigenvalue weighted by molar-refractivity contribution is 5.87. The molecule has 3 rings (SSSR count). The lowest BCUT2D eigenvalue weighted by Gasteiger charge is -2.19. The summed E-state index contributed by atoms with van der Waals surface area (Å²) in [5, 5.41) is 14.2. The number of hydrogen-bond acceptors (Lipinski definition) is 5. The van der Waals surface area contributed by atoms with Gasteiger partial charge >= 0.3 is 6.18 Å². The van der Waals surface area contributed by atoms with Crippen molar-refractivity contribution in [2.75, 3.05) is 18.4 Å². The number of nitrogens with one attached hydrogen (secondary N) is 1. The molecule has 1 aromatic heterocycles. The van der Waals surface area contributed by atoms with Crippen molar-refractivity contribution < 1.29 is 18.0 Å². The Kier molecular flexibility index (Phi) is 4.12. The quantitative estimate of drug-likeness (QED) is 0.912. The Balaban J connectivity index is 1.71. The normalized spacial score (nSPS) is 18.2. The lowest BCUT2D eigenvalue weighted by atomic mass is 10.1. The van der Waals surface area contributed by atoms with Gasteiger partial charge < -0.3 is 10.2 Å². The van der Waals surface area contributed by atoms with Gasteiger partial charge in [-0.1, -0.05) is 12.1 Å². The predicted octanol–water partition coefficient (Wildman–Crippen LogP) is 1.45. The number of anilines is 1. The summed E-state index contributed by atoms with van der Waals surface area (Å²) < 4.78 is 38.8. The largest absolute Gasteiger partial charge is 0.406 e. The van der Waals surface area contributed by atoms with Crippen LogP contribution < -0.4 is 5.32 Å². The van der Waals surface area contributed by atoms with Gasteiger partial charge in [0.15, 0.2) is 5.82 Å². The van der Waals surface area contributed by atoms with Gasteiger partial charge in [-0.15, -0.1) is 5.10 Å². The topological polar surface area (TPSA) is 75.9 Å². The third-order valence-electron chi connectivity index (χ3n) is 3.75. The standard InChI is InChI=1S/C14H15F3N6O/c1-22-12(19-20-21-22)9-3-2-4-10(7-9)18-11-5-6-23(13(11)24)8-14(15,16)17/h2-4,7,11,18H,5-6,8H2,1H3. The lowest BCUT2D eigenvalue weighted by Crippen LogP contribution is -2.39. The molecule has 7 nitrogen and oxygen atoms in total. The molecule has 1 fully saturated rings. The van der Waals surface area contributed by atoms with Crippen LogP contribution in [0.1, 0.15) is 6.42 Å². The third kappa shape index (κ3) is 3.47. The van der Waals surface area contributed by atoms with Gasteiger partial charge in [0.05, 0.1) is 0 Å². The summed E-state index contributed by atoms with van der Waals surface area (Å²) >= 11 is 0. The van der Waals surface area contributed by atoms with Crippen molar-refractivity contribution in [2.24, 2.45) is 7.05 Å². The monoisotopic (exact) mass is 340 g/mol. The van der Waals surface area contributed by atoms with Gasteiger partial charge in [0.1, 0.15) is 12.6 Å².